The summed E-state index contributed by atoms with van der Waals surface area (Å²) in [5.41, 5.74) is 2.12. The maximum atomic E-state index is 12.5. The third-order valence-electron chi connectivity index (χ3n) is 4.65. The number of aromatic nitrogens is 2. The molecule has 0 aliphatic carbocycles. The zero-order valence-corrected chi connectivity index (χ0v) is 18.0. The second-order valence-corrected chi connectivity index (χ2v) is 9.01. The number of rotatable bonds is 6. The minimum atomic E-state index is -0.135. The number of hydrogen-bond acceptors (Lipinski definition) is 8. The van der Waals surface area contributed by atoms with Crippen LogP contribution in [-0.2, 0) is 4.79 Å². The Bertz CT molecular complexity index is 1010. The Labute approximate surface area is 182 Å². The molecule has 2 amide bonds. The average molecular weight is 444 g/mol. The van der Waals surface area contributed by atoms with Gasteiger partial charge < -0.3 is 19.5 Å². The smallest absolute Gasteiger partial charge is 0.289 e. The summed E-state index contributed by atoms with van der Waals surface area (Å²) in [6.07, 6.45) is 1.49. The summed E-state index contributed by atoms with van der Waals surface area (Å²) in [6.45, 7) is 4.06. The van der Waals surface area contributed by atoms with E-state index in [0.29, 0.717) is 42.8 Å². The number of furan rings is 1. The maximum absolute atomic E-state index is 12.5. The van der Waals surface area contributed by atoms with Crippen molar-refractivity contribution in [2.24, 2.45) is 0 Å². The van der Waals surface area contributed by atoms with Crippen molar-refractivity contribution in [3.63, 3.8) is 0 Å². The average Bonchev–Trinajstić information content (AvgIpc) is 3.44. The summed E-state index contributed by atoms with van der Waals surface area (Å²) < 4.78 is 5.90. The molecule has 0 unspecified atom stereocenters. The van der Waals surface area contributed by atoms with Crippen molar-refractivity contribution in [2.75, 3.05) is 37.2 Å². The SMILES string of the molecule is Cc1cccc(Nc2nnc(SCC(=O)N3CCN(C(=O)c4ccco4)CC3)s2)c1. The second-order valence-electron chi connectivity index (χ2n) is 6.81. The molecule has 1 aromatic carbocycles. The van der Waals surface area contributed by atoms with E-state index in [0.717, 1.165) is 15.6 Å². The van der Waals surface area contributed by atoms with Crippen molar-refractivity contribution < 1.29 is 14.0 Å². The fourth-order valence-corrected chi connectivity index (χ4v) is 4.77. The van der Waals surface area contributed by atoms with Crippen LogP contribution < -0.4 is 5.32 Å². The first kappa shape index (κ1) is 20.4. The number of piperazine rings is 1. The topological polar surface area (TPSA) is 91.6 Å². The Morgan fingerprint density at radius 3 is 2.67 bits per heavy atom. The van der Waals surface area contributed by atoms with Gasteiger partial charge in [-0.15, -0.1) is 10.2 Å². The minimum Gasteiger partial charge on any atom is -0.459 e. The fraction of sp³-hybridized carbons (Fsp3) is 0.300. The van der Waals surface area contributed by atoms with E-state index in [1.54, 1.807) is 21.9 Å². The van der Waals surface area contributed by atoms with E-state index < -0.39 is 0 Å². The van der Waals surface area contributed by atoms with E-state index in [2.05, 4.69) is 15.5 Å². The molecular weight excluding hydrogens is 422 g/mol. The van der Waals surface area contributed by atoms with E-state index in [1.165, 1.54) is 29.4 Å². The lowest BCUT2D eigenvalue weighted by atomic mass is 10.2. The van der Waals surface area contributed by atoms with E-state index in [9.17, 15) is 9.59 Å². The monoisotopic (exact) mass is 443 g/mol. The molecule has 156 valence electrons. The summed E-state index contributed by atoms with van der Waals surface area (Å²) in [7, 11) is 0. The number of nitrogens with zero attached hydrogens (tertiary/aromatic N) is 4. The molecule has 1 aliphatic heterocycles. The highest BCUT2D eigenvalue weighted by atomic mass is 32.2. The number of benzene rings is 1. The number of hydrogen-bond donors (Lipinski definition) is 1. The van der Waals surface area contributed by atoms with E-state index >= 15 is 0 Å². The van der Waals surface area contributed by atoms with Crippen molar-refractivity contribution in [1.82, 2.24) is 20.0 Å². The van der Waals surface area contributed by atoms with Gasteiger partial charge in [0.15, 0.2) is 10.1 Å². The Kier molecular flexibility index (Phi) is 6.34. The number of aryl methyl sites for hydroxylation is 1. The fourth-order valence-electron chi connectivity index (χ4n) is 3.09. The number of carbonyl (C=O) groups is 2. The second kappa shape index (κ2) is 9.31. The Morgan fingerprint density at radius 1 is 1.13 bits per heavy atom. The van der Waals surface area contributed by atoms with Gasteiger partial charge in [-0.25, -0.2) is 0 Å². The lowest BCUT2D eigenvalue weighted by molar-refractivity contribution is -0.129. The van der Waals surface area contributed by atoms with Crippen LogP contribution >= 0.6 is 23.1 Å². The summed E-state index contributed by atoms with van der Waals surface area (Å²) in [5, 5.41) is 12.2. The first-order valence-electron chi connectivity index (χ1n) is 9.49. The molecule has 1 saturated heterocycles. The molecule has 0 saturated carbocycles. The van der Waals surface area contributed by atoms with Crippen molar-refractivity contribution in [2.45, 2.75) is 11.3 Å². The predicted molar refractivity (Wildman–Crippen MR) is 116 cm³/mol. The quantitative estimate of drug-likeness (QED) is 0.585. The molecule has 1 fully saturated rings. The summed E-state index contributed by atoms with van der Waals surface area (Å²) in [6, 6.07) is 11.4. The highest BCUT2D eigenvalue weighted by molar-refractivity contribution is 8.01. The molecule has 8 nitrogen and oxygen atoms in total. The molecule has 3 aromatic rings. The number of amides is 2. The van der Waals surface area contributed by atoms with Gasteiger partial charge in [0.2, 0.25) is 11.0 Å². The van der Waals surface area contributed by atoms with Gasteiger partial charge in [-0.05, 0) is 36.8 Å². The standard InChI is InChI=1S/C20H21N5O3S2/c1-14-4-2-5-15(12-14)21-19-22-23-20(30-19)29-13-17(26)24-7-9-25(10-8-24)18(27)16-6-3-11-28-16/h2-6,11-12H,7-10,13H2,1H3,(H,21,22). The molecular formula is C20H21N5O3S2. The van der Waals surface area contributed by atoms with Crippen LogP contribution in [0.4, 0.5) is 10.8 Å². The normalized spacial score (nSPS) is 14.0. The molecule has 3 heterocycles. The zero-order chi connectivity index (χ0) is 20.9. The van der Waals surface area contributed by atoms with Gasteiger partial charge in [0.05, 0.1) is 12.0 Å². The zero-order valence-electron chi connectivity index (χ0n) is 16.4. The van der Waals surface area contributed by atoms with Gasteiger partial charge in [0.1, 0.15) is 0 Å². The Morgan fingerprint density at radius 2 is 1.93 bits per heavy atom. The minimum absolute atomic E-state index is 0.0356. The molecule has 2 aromatic heterocycles. The molecule has 1 N–H and O–H groups in total. The van der Waals surface area contributed by atoms with E-state index in [4.69, 9.17) is 4.42 Å². The van der Waals surface area contributed by atoms with Crippen LogP contribution in [0.15, 0.2) is 51.4 Å². The number of carbonyl (C=O) groups excluding carboxylic acids is 2. The van der Waals surface area contributed by atoms with Crippen LogP contribution in [0.25, 0.3) is 0 Å². The summed E-state index contributed by atoms with van der Waals surface area (Å²) in [5.74, 6) is 0.528. The lowest BCUT2D eigenvalue weighted by Gasteiger charge is -2.34. The van der Waals surface area contributed by atoms with E-state index in [-0.39, 0.29) is 11.8 Å². The van der Waals surface area contributed by atoms with Crippen LogP contribution in [0.1, 0.15) is 16.1 Å². The van der Waals surface area contributed by atoms with Gasteiger partial charge in [-0.3, -0.25) is 9.59 Å². The van der Waals surface area contributed by atoms with Crippen LogP contribution in [-0.4, -0.2) is 63.7 Å². The Balaban J connectivity index is 1.23. The molecule has 0 atom stereocenters. The number of nitrogens with one attached hydrogen (secondary N) is 1. The summed E-state index contributed by atoms with van der Waals surface area (Å²) >= 11 is 2.80. The van der Waals surface area contributed by atoms with Gasteiger partial charge in [0, 0.05) is 31.9 Å². The van der Waals surface area contributed by atoms with Gasteiger partial charge >= 0.3 is 0 Å². The Hall–Kier alpha value is -2.85. The molecule has 10 heteroatoms. The summed E-state index contributed by atoms with van der Waals surface area (Å²) in [4.78, 5) is 28.3. The van der Waals surface area contributed by atoms with Crippen molar-refractivity contribution in [3.05, 3.63) is 54.0 Å². The van der Waals surface area contributed by atoms with Gasteiger partial charge in [-0.2, -0.15) is 0 Å². The molecule has 0 spiro atoms. The van der Waals surface area contributed by atoms with E-state index in [1.807, 2.05) is 31.2 Å². The number of anilines is 2. The molecule has 0 bridgehead atoms. The third kappa shape index (κ3) is 5.00. The van der Waals surface area contributed by atoms with Gasteiger partial charge in [-0.1, -0.05) is 35.2 Å². The first-order chi connectivity index (χ1) is 14.6. The van der Waals surface area contributed by atoms with Gasteiger partial charge in [0.25, 0.3) is 5.91 Å². The largest absolute Gasteiger partial charge is 0.459 e. The lowest BCUT2D eigenvalue weighted by Crippen LogP contribution is -2.51. The predicted octanol–water partition coefficient (Wildman–Crippen LogP) is 3.26. The maximum Gasteiger partial charge on any atom is 0.289 e. The first-order valence-corrected chi connectivity index (χ1v) is 11.3. The van der Waals surface area contributed by atoms with Crippen molar-refractivity contribution in [3.8, 4) is 0 Å². The van der Waals surface area contributed by atoms with Crippen LogP contribution in [0.2, 0.25) is 0 Å². The highest BCUT2D eigenvalue weighted by Gasteiger charge is 2.26. The molecule has 1 aliphatic rings. The molecule has 4 rings (SSSR count). The van der Waals surface area contributed by atoms with Crippen molar-refractivity contribution >= 4 is 45.7 Å². The van der Waals surface area contributed by atoms with Crippen LogP contribution in [0.3, 0.4) is 0 Å². The molecule has 0 radical (unpaired) electrons. The van der Waals surface area contributed by atoms with Crippen LogP contribution in [0, 0.1) is 6.92 Å². The number of thioether (sulfide) groups is 1. The molecule has 30 heavy (non-hydrogen) atoms. The highest BCUT2D eigenvalue weighted by Crippen LogP contribution is 2.28. The third-order valence-corrected chi connectivity index (χ3v) is 6.60. The van der Waals surface area contributed by atoms with Crippen LogP contribution in [0.5, 0.6) is 0 Å². The van der Waals surface area contributed by atoms with Crippen molar-refractivity contribution in [1.29, 1.82) is 0 Å².